The molecular weight excluding hydrogens is 236 g/mol. The summed E-state index contributed by atoms with van der Waals surface area (Å²) in [5, 5.41) is 0.100. The molecule has 0 heterocycles. The molecular formula is C13H14O3S. The minimum atomic E-state index is 0.100. The maximum absolute atomic E-state index is 10.7. The fraction of sp³-hybridized carbons (Fsp3) is 0.231. The summed E-state index contributed by atoms with van der Waals surface area (Å²) >= 11 is 1.25. The van der Waals surface area contributed by atoms with Gasteiger partial charge in [0.1, 0.15) is 5.75 Å². The Kier molecular flexibility index (Phi) is 5.49. The van der Waals surface area contributed by atoms with Crippen molar-refractivity contribution in [3.05, 3.63) is 35.4 Å². The van der Waals surface area contributed by atoms with Gasteiger partial charge in [0.2, 0.25) is 0 Å². The number of aldehydes is 1. The quantitative estimate of drug-likeness (QED) is 0.754. The molecule has 1 aromatic rings. The van der Waals surface area contributed by atoms with Crippen LogP contribution in [0.1, 0.15) is 22.8 Å². The molecule has 4 heteroatoms. The maximum atomic E-state index is 10.7. The van der Waals surface area contributed by atoms with Crippen molar-refractivity contribution in [2.24, 2.45) is 0 Å². The third kappa shape index (κ3) is 4.44. The molecule has 90 valence electrons. The van der Waals surface area contributed by atoms with Crippen molar-refractivity contribution in [3.63, 3.8) is 0 Å². The average molecular weight is 250 g/mol. The largest absolute Gasteiger partial charge is 0.496 e. The predicted molar refractivity (Wildman–Crippen MR) is 70.6 cm³/mol. The Morgan fingerprint density at radius 2 is 2.24 bits per heavy atom. The Labute approximate surface area is 105 Å². The summed E-state index contributed by atoms with van der Waals surface area (Å²) < 4.78 is 5.10. The molecule has 0 unspecified atom stereocenters. The molecule has 0 aromatic heterocycles. The molecule has 3 nitrogen and oxygen atoms in total. The fourth-order valence-corrected chi connectivity index (χ4v) is 1.71. The van der Waals surface area contributed by atoms with E-state index in [4.69, 9.17) is 4.74 Å². The van der Waals surface area contributed by atoms with Gasteiger partial charge >= 0.3 is 0 Å². The number of carbonyl (C=O) groups is 2. The third-order valence-electron chi connectivity index (χ3n) is 2.08. The number of benzene rings is 1. The highest BCUT2D eigenvalue weighted by atomic mass is 32.2. The molecule has 0 aliphatic carbocycles. The van der Waals surface area contributed by atoms with Gasteiger partial charge in [-0.3, -0.25) is 9.59 Å². The van der Waals surface area contributed by atoms with Crippen LogP contribution >= 0.6 is 11.8 Å². The molecule has 0 atom stereocenters. The van der Waals surface area contributed by atoms with Gasteiger partial charge in [-0.15, -0.1) is 0 Å². The SMILES string of the molecule is COc1cc(C=CCSC(C)=O)ccc1C=O. The van der Waals surface area contributed by atoms with Crippen LogP contribution in [0.25, 0.3) is 6.08 Å². The molecule has 0 fully saturated rings. The van der Waals surface area contributed by atoms with Gasteiger partial charge < -0.3 is 4.74 Å². The Morgan fingerprint density at radius 1 is 1.47 bits per heavy atom. The van der Waals surface area contributed by atoms with Crippen LogP contribution in [0.4, 0.5) is 0 Å². The number of ether oxygens (including phenoxy) is 1. The lowest BCUT2D eigenvalue weighted by Crippen LogP contribution is -1.90. The second-order valence-corrected chi connectivity index (χ2v) is 4.52. The average Bonchev–Trinajstić information content (AvgIpc) is 2.34. The van der Waals surface area contributed by atoms with Gasteiger partial charge in [-0.1, -0.05) is 30.0 Å². The zero-order valence-corrected chi connectivity index (χ0v) is 10.6. The van der Waals surface area contributed by atoms with Crippen molar-refractivity contribution in [1.29, 1.82) is 0 Å². The van der Waals surface area contributed by atoms with Crippen LogP contribution < -0.4 is 4.74 Å². The van der Waals surface area contributed by atoms with Crippen LogP contribution in [0.15, 0.2) is 24.3 Å². The van der Waals surface area contributed by atoms with E-state index in [0.717, 1.165) is 11.8 Å². The number of rotatable bonds is 5. The lowest BCUT2D eigenvalue weighted by molar-refractivity contribution is -0.109. The van der Waals surface area contributed by atoms with Crippen LogP contribution in [0, 0.1) is 0 Å². The van der Waals surface area contributed by atoms with Crippen LogP contribution in [-0.2, 0) is 4.79 Å². The summed E-state index contributed by atoms with van der Waals surface area (Å²) in [6.07, 6.45) is 4.56. The maximum Gasteiger partial charge on any atom is 0.186 e. The van der Waals surface area contributed by atoms with Gasteiger partial charge in [0.25, 0.3) is 0 Å². The lowest BCUT2D eigenvalue weighted by atomic mass is 10.1. The van der Waals surface area contributed by atoms with Crippen molar-refractivity contribution in [1.82, 2.24) is 0 Å². The molecule has 0 amide bonds. The van der Waals surface area contributed by atoms with Gasteiger partial charge in [-0.05, 0) is 17.7 Å². The van der Waals surface area contributed by atoms with Crippen LogP contribution in [0.5, 0.6) is 5.75 Å². The zero-order chi connectivity index (χ0) is 12.7. The predicted octanol–water partition coefficient (Wildman–Crippen LogP) is 2.80. The Bertz CT molecular complexity index is 438. The first kappa shape index (κ1) is 13.5. The van der Waals surface area contributed by atoms with Gasteiger partial charge in [0, 0.05) is 12.7 Å². The molecule has 0 saturated carbocycles. The Balaban J connectivity index is 2.72. The highest BCUT2D eigenvalue weighted by molar-refractivity contribution is 8.13. The van der Waals surface area contributed by atoms with E-state index in [-0.39, 0.29) is 5.12 Å². The number of methoxy groups -OCH3 is 1. The van der Waals surface area contributed by atoms with Crippen LogP contribution in [-0.4, -0.2) is 24.3 Å². The van der Waals surface area contributed by atoms with E-state index in [0.29, 0.717) is 17.1 Å². The molecule has 0 N–H and O–H groups in total. The summed E-state index contributed by atoms with van der Waals surface area (Å²) in [5.74, 6) is 1.20. The van der Waals surface area contributed by atoms with E-state index in [1.807, 2.05) is 18.2 Å². The van der Waals surface area contributed by atoms with Gasteiger partial charge in [-0.2, -0.15) is 0 Å². The zero-order valence-electron chi connectivity index (χ0n) is 9.80. The molecule has 1 rings (SSSR count). The van der Waals surface area contributed by atoms with Gasteiger partial charge in [0.05, 0.1) is 12.7 Å². The standard InChI is InChI=1S/C13H14O3S/c1-10(15)17-7-3-4-11-5-6-12(9-14)13(8-11)16-2/h3-6,8-9H,7H2,1-2H3. The molecule has 0 aliphatic rings. The van der Waals surface area contributed by atoms with E-state index < -0.39 is 0 Å². The van der Waals surface area contributed by atoms with Crippen molar-refractivity contribution >= 4 is 29.2 Å². The molecule has 0 saturated heterocycles. The summed E-state index contributed by atoms with van der Waals surface area (Å²) in [5.41, 5.74) is 1.47. The van der Waals surface area contributed by atoms with Crippen molar-refractivity contribution in [3.8, 4) is 5.75 Å². The number of hydrogen-bond acceptors (Lipinski definition) is 4. The molecule has 17 heavy (non-hydrogen) atoms. The molecule has 1 aromatic carbocycles. The summed E-state index contributed by atoms with van der Waals surface area (Å²) in [4.78, 5) is 21.4. The molecule has 0 aliphatic heterocycles. The first-order chi connectivity index (χ1) is 8.17. The topological polar surface area (TPSA) is 43.4 Å². The van der Waals surface area contributed by atoms with E-state index in [1.54, 1.807) is 19.1 Å². The first-order valence-corrected chi connectivity index (χ1v) is 6.09. The van der Waals surface area contributed by atoms with Crippen LogP contribution in [0.3, 0.4) is 0 Å². The van der Waals surface area contributed by atoms with E-state index >= 15 is 0 Å². The molecule has 0 bridgehead atoms. The van der Waals surface area contributed by atoms with Crippen molar-refractivity contribution in [2.45, 2.75) is 6.92 Å². The van der Waals surface area contributed by atoms with Gasteiger partial charge in [0.15, 0.2) is 11.4 Å². The summed E-state index contributed by atoms with van der Waals surface area (Å²) in [7, 11) is 1.53. The van der Waals surface area contributed by atoms with E-state index in [1.165, 1.54) is 18.9 Å². The summed E-state index contributed by atoms with van der Waals surface area (Å²) in [6.45, 7) is 1.54. The highest BCUT2D eigenvalue weighted by Gasteiger charge is 2.01. The fourth-order valence-electron chi connectivity index (χ4n) is 1.28. The minimum Gasteiger partial charge on any atom is -0.496 e. The Hall–Kier alpha value is -1.55. The van der Waals surface area contributed by atoms with E-state index in [9.17, 15) is 9.59 Å². The number of hydrogen-bond donors (Lipinski definition) is 0. The smallest absolute Gasteiger partial charge is 0.186 e. The summed E-state index contributed by atoms with van der Waals surface area (Å²) in [6, 6.07) is 5.34. The first-order valence-electron chi connectivity index (χ1n) is 5.10. The van der Waals surface area contributed by atoms with E-state index in [2.05, 4.69) is 0 Å². The van der Waals surface area contributed by atoms with Crippen LogP contribution in [0.2, 0.25) is 0 Å². The van der Waals surface area contributed by atoms with Gasteiger partial charge in [-0.25, -0.2) is 0 Å². The lowest BCUT2D eigenvalue weighted by Gasteiger charge is -2.03. The molecule has 0 spiro atoms. The molecule has 0 radical (unpaired) electrons. The second-order valence-electron chi connectivity index (χ2n) is 3.32. The highest BCUT2D eigenvalue weighted by Crippen LogP contribution is 2.19. The Morgan fingerprint density at radius 3 is 2.82 bits per heavy atom. The monoisotopic (exact) mass is 250 g/mol. The minimum absolute atomic E-state index is 0.100. The second kappa shape index (κ2) is 6.91. The van der Waals surface area contributed by atoms with Crippen molar-refractivity contribution < 1.29 is 14.3 Å². The van der Waals surface area contributed by atoms with Crippen molar-refractivity contribution in [2.75, 3.05) is 12.9 Å². The normalized spacial score (nSPS) is 10.5. The third-order valence-corrected chi connectivity index (χ3v) is 2.84. The number of carbonyl (C=O) groups excluding carboxylic acids is 2. The number of thioether (sulfide) groups is 1.